The highest BCUT2D eigenvalue weighted by Crippen LogP contribution is 2.36. The van der Waals surface area contributed by atoms with Gasteiger partial charge >= 0.3 is 0 Å². The molecule has 1 heterocycles. The lowest BCUT2D eigenvalue weighted by atomic mass is 10.2. The predicted molar refractivity (Wildman–Crippen MR) is 59.7 cm³/mol. The van der Waals surface area contributed by atoms with E-state index in [1.54, 1.807) is 11.8 Å². The summed E-state index contributed by atoms with van der Waals surface area (Å²) in [7, 11) is 0. The Labute approximate surface area is 93.8 Å². The Hall–Kier alpha value is -0.620. The van der Waals surface area contributed by atoms with Crippen molar-refractivity contribution in [2.75, 3.05) is 5.75 Å². The van der Waals surface area contributed by atoms with Crippen molar-refractivity contribution in [1.82, 2.24) is 20.2 Å². The monoisotopic (exact) mass is 227 g/mol. The van der Waals surface area contributed by atoms with Crippen LogP contribution in [0.4, 0.5) is 0 Å². The number of aromatic nitrogens is 4. The van der Waals surface area contributed by atoms with E-state index in [0.29, 0.717) is 6.04 Å². The highest BCUT2D eigenvalue weighted by atomic mass is 32.2. The van der Waals surface area contributed by atoms with E-state index in [1.165, 1.54) is 12.8 Å². The third-order valence-corrected chi connectivity index (χ3v) is 3.56. The molecule has 1 fully saturated rings. The lowest BCUT2D eigenvalue weighted by Gasteiger charge is -2.08. The van der Waals surface area contributed by atoms with Crippen molar-refractivity contribution >= 4 is 11.8 Å². The SMILES string of the molecule is CCCC(N)CSc1nnnn1C1CC1. The van der Waals surface area contributed by atoms with Crippen molar-refractivity contribution in [3.05, 3.63) is 0 Å². The average Bonchev–Trinajstić information content (AvgIpc) is 2.96. The molecular formula is C9H17N5S. The minimum absolute atomic E-state index is 0.254. The summed E-state index contributed by atoms with van der Waals surface area (Å²) in [5.41, 5.74) is 5.94. The van der Waals surface area contributed by atoms with Gasteiger partial charge in [0.15, 0.2) is 0 Å². The van der Waals surface area contributed by atoms with Crippen molar-refractivity contribution in [2.45, 2.75) is 49.8 Å². The van der Waals surface area contributed by atoms with E-state index in [4.69, 9.17) is 5.73 Å². The van der Waals surface area contributed by atoms with Gasteiger partial charge in [-0.05, 0) is 29.7 Å². The van der Waals surface area contributed by atoms with Gasteiger partial charge in [0, 0.05) is 11.8 Å². The maximum absolute atomic E-state index is 5.94. The second-order valence-corrected chi connectivity index (χ2v) is 4.98. The number of rotatable bonds is 6. The summed E-state index contributed by atoms with van der Waals surface area (Å²) >= 11 is 1.67. The zero-order valence-corrected chi connectivity index (χ0v) is 9.78. The maximum atomic E-state index is 5.94. The van der Waals surface area contributed by atoms with Crippen molar-refractivity contribution in [2.24, 2.45) is 5.73 Å². The van der Waals surface area contributed by atoms with Crippen molar-refractivity contribution in [3.8, 4) is 0 Å². The summed E-state index contributed by atoms with van der Waals surface area (Å²) in [6.45, 7) is 2.15. The molecule has 84 valence electrons. The van der Waals surface area contributed by atoms with Gasteiger partial charge in [0.25, 0.3) is 0 Å². The maximum Gasteiger partial charge on any atom is 0.209 e. The summed E-state index contributed by atoms with van der Waals surface area (Å²) in [5, 5.41) is 12.6. The van der Waals surface area contributed by atoms with Crippen LogP contribution in [0.5, 0.6) is 0 Å². The van der Waals surface area contributed by atoms with E-state index >= 15 is 0 Å². The second-order valence-electron chi connectivity index (χ2n) is 4.00. The number of thioether (sulfide) groups is 1. The third kappa shape index (κ3) is 2.92. The van der Waals surface area contributed by atoms with Gasteiger partial charge < -0.3 is 5.73 Å². The lowest BCUT2D eigenvalue weighted by Crippen LogP contribution is -2.22. The molecule has 15 heavy (non-hydrogen) atoms. The van der Waals surface area contributed by atoms with E-state index in [1.807, 2.05) is 4.68 Å². The van der Waals surface area contributed by atoms with Crippen molar-refractivity contribution < 1.29 is 0 Å². The van der Waals surface area contributed by atoms with Gasteiger partial charge in [0.2, 0.25) is 5.16 Å². The molecule has 5 nitrogen and oxygen atoms in total. The Bertz CT molecular complexity index is 309. The highest BCUT2D eigenvalue weighted by Gasteiger charge is 2.27. The summed E-state index contributed by atoms with van der Waals surface area (Å²) in [4.78, 5) is 0. The van der Waals surface area contributed by atoms with Gasteiger partial charge in [0.05, 0.1) is 6.04 Å². The van der Waals surface area contributed by atoms with E-state index in [9.17, 15) is 0 Å². The van der Waals surface area contributed by atoms with Crippen LogP contribution in [-0.2, 0) is 0 Å². The Morgan fingerprint density at radius 3 is 3.07 bits per heavy atom. The van der Waals surface area contributed by atoms with Gasteiger partial charge in [-0.15, -0.1) is 5.10 Å². The molecule has 2 N–H and O–H groups in total. The Balaban J connectivity index is 1.84. The molecule has 1 aliphatic carbocycles. The fraction of sp³-hybridized carbons (Fsp3) is 0.889. The molecule has 1 aliphatic rings. The van der Waals surface area contributed by atoms with Gasteiger partial charge in [-0.25, -0.2) is 4.68 Å². The molecule has 0 bridgehead atoms. The second kappa shape index (κ2) is 4.94. The van der Waals surface area contributed by atoms with Gasteiger partial charge in [-0.3, -0.25) is 0 Å². The van der Waals surface area contributed by atoms with Gasteiger partial charge in [-0.1, -0.05) is 25.1 Å². The quantitative estimate of drug-likeness (QED) is 0.740. The predicted octanol–water partition coefficient (Wildman–Crippen LogP) is 1.23. The van der Waals surface area contributed by atoms with Crippen LogP contribution in [0, 0.1) is 0 Å². The standard InChI is InChI=1S/C9H17N5S/c1-2-3-7(10)6-15-9-11-12-13-14(9)8-4-5-8/h7-8H,2-6,10H2,1H3. The van der Waals surface area contributed by atoms with Crippen LogP contribution in [-0.4, -0.2) is 32.0 Å². The van der Waals surface area contributed by atoms with Crippen molar-refractivity contribution in [1.29, 1.82) is 0 Å². The van der Waals surface area contributed by atoms with Crippen LogP contribution < -0.4 is 5.73 Å². The number of tetrazole rings is 1. The Morgan fingerprint density at radius 1 is 1.60 bits per heavy atom. The minimum Gasteiger partial charge on any atom is -0.327 e. The average molecular weight is 227 g/mol. The number of nitrogens with two attached hydrogens (primary N) is 1. The van der Waals surface area contributed by atoms with Crippen molar-refractivity contribution in [3.63, 3.8) is 0 Å². The molecule has 1 atom stereocenters. The van der Waals surface area contributed by atoms with Gasteiger partial charge in [0.1, 0.15) is 0 Å². The third-order valence-electron chi connectivity index (χ3n) is 2.44. The first-order valence-corrected chi connectivity index (χ1v) is 6.46. The van der Waals surface area contributed by atoms with E-state index in [-0.39, 0.29) is 6.04 Å². The first kappa shape index (κ1) is 10.9. The molecule has 2 rings (SSSR count). The van der Waals surface area contributed by atoms with Crippen LogP contribution in [0.2, 0.25) is 0 Å². The Kier molecular flexibility index (Phi) is 3.58. The molecule has 1 aromatic heterocycles. The highest BCUT2D eigenvalue weighted by molar-refractivity contribution is 7.99. The molecule has 0 spiro atoms. The van der Waals surface area contributed by atoms with Crippen LogP contribution in [0.1, 0.15) is 38.6 Å². The largest absolute Gasteiger partial charge is 0.327 e. The molecule has 0 saturated heterocycles. The van der Waals surface area contributed by atoms with Gasteiger partial charge in [-0.2, -0.15) is 0 Å². The molecule has 0 aliphatic heterocycles. The Morgan fingerprint density at radius 2 is 2.40 bits per heavy atom. The van der Waals surface area contributed by atoms with Crippen LogP contribution in [0.25, 0.3) is 0 Å². The van der Waals surface area contributed by atoms with Crippen LogP contribution in [0.15, 0.2) is 5.16 Å². The molecule has 1 aromatic rings. The van der Waals surface area contributed by atoms with E-state index in [2.05, 4.69) is 22.4 Å². The first-order chi connectivity index (χ1) is 7.31. The fourth-order valence-electron chi connectivity index (χ4n) is 1.46. The molecule has 1 unspecified atom stereocenters. The van der Waals surface area contributed by atoms with Crippen LogP contribution in [0.3, 0.4) is 0 Å². The first-order valence-electron chi connectivity index (χ1n) is 5.47. The lowest BCUT2D eigenvalue weighted by molar-refractivity contribution is 0.564. The normalized spacial score (nSPS) is 18.0. The fourth-order valence-corrected chi connectivity index (χ4v) is 2.41. The molecule has 1 saturated carbocycles. The summed E-state index contributed by atoms with van der Waals surface area (Å²) in [6.07, 6.45) is 4.62. The topological polar surface area (TPSA) is 69.6 Å². The number of nitrogens with zero attached hydrogens (tertiary/aromatic N) is 4. The molecule has 0 aromatic carbocycles. The smallest absolute Gasteiger partial charge is 0.209 e. The zero-order valence-electron chi connectivity index (χ0n) is 8.96. The molecule has 0 amide bonds. The zero-order chi connectivity index (χ0) is 10.7. The molecular weight excluding hydrogens is 210 g/mol. The minimum atomic E-state index is 0.254. The molecule has 6 heteroatoms. The van der Waals surface area contributed by atoms with E-state index in [0.717, 1.165) is 23.8 Å². The number of hydrogen-bond acceptors (Lipinski definition) is 5. The summed E-state index contributed by atoms with van der Waals surface area (Å²) in [6, 6.07) is 0.800. The van der Waals surface area contributed by atoms with Crippen LogP contribution >= 0.6 is 11.8 Å². The van der Waals surface area contributed by atoms with E-state index < -0.39 is 0 Å². The number of hydrogen-bond donors (Lipinski definition) is 1. The molecule has 0 radical (unpaired) electrons. The summed E-state index contributed by atoms with van der Waals surface area (Å²) < 4.78 is 1.93. The summed E-state index contributed by atoms with van der Waals surface area (Å²) in [5.74, 6) is 0.904.